The first-order valence-corrected chi connectivity index (χ1v) is 10.4. The van der Waals surface area contributed by atoms with Gasteiger partial charge >= 0.3 is 0 Å². The fourth-order valence-electron chi connectivity index (χ4n) is 3.67. The number of aryl methyl sites for hydroxylation is 1. The Morgan fingerprint density at radius 3 is 2.38 bits per heavy atom. The highest BCUT2D eigenvalue weighted by Gasteiger charge is 2.23. The third kappa shape index (κ3) is 6.71. The van der Waals surface area contributed by atoms with Gasteiger partial charge in [0.1, 0.15) is 11.5 Å². The number of likely N-dealkylation sites (tertiary alicyclic amines) is 1. The molecule has 2 aromatic carbocycles. The summed E-state index contributed by atoms with van der Waals surface area (Å²) >= 11 is 0. The molecular weight excluding hydrogens is 364 g/mol. The van der Waals surface area contributed by atoms with Crippen LogP contribution in [0.15, 0.2) is 54.6 Å². The lowest BCUT2D eigenvalue weighted by Gasteiger charge is -2.28. The summed E-state index contributed by atoms with van der Waals surface area (Å²) in [5.74, 6) is 0.724. The Morgan fingerprint density at radius 2 is 1.72 bits per heavy atom. The number of benzene rings is 2. The van der Waals surface area contributed by atoms with E-state index >= 15 is 0 Å². The Bertz CT molecular complexity index is 784. The molecule has 0 radical (unpaired) electrons. The number of rotatable bonds is 10. The zero-order valence-electron chi connectivity index (χ0n) is 17.1. The van der Waals surface area contributed by atoms with Crippen LogP contribution < -0.4 is 10.1 Å². The molecule has 3 rings (SSSR count). The van der Waals surface area contributed by atoms with Crippen LogP contribution in [0, 0.1) is 0 Å². The van der Waals surface area contributed by atoms with E-state index in [1.54, 1.807) is 6.92 Å². The van der Waals surface area contributed by atoms with Crippen molar-refractivity contribution in [3.63, 3.8) is 0 Å². The van der Waals surface area contributed by atoms with Gasteiger partial charge in [0.25, 0.3) is 5.91 Å². The van der Waals surface area contributed by atoms with Crippen LogP contribution in [-0.4, -0.2) is 42.8 Å². The number of nitrogens with zero attached hydrogens (tertiary/aromatic N) is 1. The van der Waals surface area contributed by atoms with Crippen LogP contribution in [-0.2, 0) is 16.0 Å². The van der Waals surface area contributed by atoms with Gasteiger partial charge in [0.05, 0.1) is 6.04 Å². The Kier molecular flexibility index (Phi) is 7.82. The smallest absolute Gasteiger partial charge is 0.258 e. The molecule has 29 heavy (non-hydrogen) atoms. The summed E-state index contributed by atoms with van der Waals surface area (Å²) in [6.07, 6.45) is 3.70. The Labute approximate surface area is 173 Å². The molecule has 1 amide bonds. The van der Waals surface area contributed by atoms with Gasteiger partial charge in [0.2, 0.25) is 0 Å². The highest BCUT2D eigenvalue weighted by atomic mass is 16.5. The second-order valence-electron chi connectivity index (χ2n) is 7.61. The second kappa shape index (κ2) is 10.8. The Balaban J connectivity index is 1.47. The van der Waals surface area contributed by atoms with Crippen molar-refractivity contribution in [2.24, 2.45) is 0 Å². The first-order valence-electron chi connectivity index (χ1n) is 10.4. The summed E-state index contributed by atoms with van der Waals surface area (Å²) < 4.78 is 5.62. The van der Waals surface area contributed by atoms with E-state index in [0.717, 1.165) is 25.1 Å². The largest absolute Gasteiger partial charge is 0.484 e. The first-order chi connectivity index (χ1) is 14.1. The lowest BCUT2D eigenvalue weighted by atomic mass is 10.1. The summed E-state index contributed by atoms with van der Waals surface area (Å²) in [5, 5.41) is 3.03. The molecule has 1 heterocycles. The van der Waals surface area contributed by atoms with Crippen LogP contribution in [0.25, 0.3) is 0 Å². The van der Waals surface area contributed by atoms with E-state index in [1.807, 2.05) is 42.5 Å². The van der Waals surface area contributed by atoms with Crippen molar-refractivity contribution in [2.75, 3.05) is 26.2 Å². The van der Waals surface area contributed by atoms with Gasteiger partial charge in [0.15, 0.2) is 6.61 Å². The molecule has 0 spiro atoms. The Hall–Kier alpha value is -2.66. The summed E-state index contributed by atoms with van der Waals surface area (Å²) in [4.78, 5) is 25.8. The van der Waals surface area contributed by atoms with Crippen molar-refractivity contribution in [1.82, 2.24) is 10.2 Å². The summed E-state index contributed by atoms with van der Waals surface area (Å²) in [5.41, 5.74) is 2.32. The molecule has 0 bridgehead atoms. The van der Waals surface area contributed by atoms with Crippen molar-refractivity contribution in [3.05, 3.63) is 65.7 Å². The minimum absolute atomic E-state index is 0.00565. The number of ether oxygens (including phenoxy) is 1. The first kappa shape index (κ1) is 21.1. The maximum absolute atomic E-state index is 12.3. The number of amides is 1. The molecule has 1 unspecified atom stereocenters. The molecule has 1 N–H and O–H groups in total. The van der Waals surface area contributed by atoms with E-state index in [-0.39, 0.29) is 24.3 Å². The number of carbonyl (C=O) groups is 2. The quantitative estimate of drug-likeness (QED) is 0.670. The van der Waals surface area contributed by atoms with Gasteiger partial charge in [-0.2, -0.15) is 0 Å². The minimum atomic E-state index is -0.120. The van der Waals surface area contributed by atoms with E-state index in [2.05, 4.69) is 22.3 Å². The van der Waals surface area contributed by atoms with E-state index < -0.39 is 0 Å². The molecule has 0 aromatic heterocycles. The fraction of sp³-hybridized carbons (Fsp3) is 0.417. The van der Waals surface area contributed by atoms with Crippen LogP contribution in [0.3, 0.4) is 0 Å². The maximum atomic E-state index is 12.3. The van der Waals surface area contributed by atoms with Crippen molar-refractivity contribution in [3.8, 4) is 5.75 Å². The number of nitrogens with one attached hydrogen (secondary N) is 1. The normalized spacial score (nSPS) is 15.1. The van der Waals surface area contributed by atoms with E-state index in [0.29, 0.717) is 18.7 Å². The zero-order chi connectivity index (χ0) is 20.5. The predicted octanol–water partition coefficient (Wildman–Crippen LogP) is 3.54. The van der Waals surface area contributed by atoms with Gasteiger partial charge in [0, 0.05) is 13.0 Å². The average Bonchev–Trinajstić information content (AvgIpc) is 3.27. The van der Waals surface area contributed by atoms with Crippen LogP contribution in [0.4, 0.5) is 0 Å². The topological polar surface area (TPSA) is 58.6 Å². The molecular formula is C24H30N2O3. The number of hydrogen-bond donors (Lipinski definition) is 1. The predicted molar refractivity (Wildman–Crippen MR) is 114 cm³/mol. The molecule has 1 fully saturated rings. The van der Waals surface area contributed by atoms with Crippen molar-refractivity contribution in [1.29, 1.82) is 0 Å². The van der Waals surface area contributed by atoms with Gasteiger partial charge in [-0.25, -0.2) is 0 Å². The molecule has 0 saturated carbocycles. The van der Waals surface area contributed by atoms with Crippen LogP contribution in [0.5, 0.6) is 5.75 Å². The fourth-order valence-corrected chi connectivity index (χ4v) is 3.67. The SMILES string of the molecule is CC(=O)CCc1ccc(OCC(=O)NCC(c2ccccc2)N2CCCC2)cc1. The molecule has 2 aromatic rings. The number of Topliss-reactive ketones (excluding diaryl/α,β-unsaturated/α-hetero) is 1. The lowest BCUT2D eigenvalue weighted by Crippen LogP contribution is -2.38. The average molecular weight is 395 g/mol. The van der Waals surface area contributed by atoms with Crippen LogP contribution >= 0.6 is 0 Å². The minimum Gasteiger partial charge on any atom is -0.484 e. The molecule has 1 saturated heterocycles. The van der Waals surface area contributed by atoms with Crippen LogP contribution in [0.1, 0.15) is 43.4 Å². The Morgan fingerprint density at radius 1 is 1.03 bits per heavy atom. The number of carbonyl (C=O) groups excluding carboxylic acids is 2. The monoisotopic (exact) mass is 394 g/mol. The summed E-state index contributed by atoms with van der Waals surface area (Å²) in [6.45, 7) is 4.32. The lowest BCUT2D eigenvalue weighted by molar-refractivity contribution is -0.123. The molecule has 1 aliphatic heterocycles. The third-order valence-electron chi connectivity index (χ3n) is 5.32. The van der Waals surface area contributed by atoms with E-state index in [4.69, 9.17) is 4.74 Å². The third-order valence-corrected chi connectivity index (χ3v) is 5.32. The summed E-state index contributed by atoms with van der Waals surface area (Å²) in [7, 11) is 0. The molecule has 5 nitrogen and oxygen atoms in total. The number of ketones is 1. The van der Waals surface area contributed by atoms with Crippen molar-refractivity contribution < 1.29 is 14.3 Å². The maximum Gasteiger partial charge on any atom is 0.258 e. The van der Waals surface area contributed by atoms with E-state index in [1.165, 1.54) is 18.4 Å². The van der Waals surface area contributed by atoms with Gasteiger partial charge in [-0.15, -0.1) is 0 Å². The van der Waals surface area contributed by atoms with Gasteiger partial charge < -0.3 is 14.8 Å². The van der Waals surface area contributed by atoms with E-state index in [9.17, 15) is 9.59 Å². The second-order valence-corrected chi connectivity index (χ2v) is 7.61. The molecule has 1 aliphatic rings. The highest BCUT2D eigenvalue weighted by molar-refractivity contribution is 5.77. The van der Waals surface area contributed by atoms with Gasteiger partial charge in [-0.1, -0.05) is 42.5 Å². The summed E-state index contributed by atoms with van der Waals surface area (Å²) in [6, 6.07) is 18.1. The zero-order valence-corrected chi connectivity index (χ0v) is 17.1. The molecule has 0 aliphatic carbocycles. The molecule has 154 valence electrons. The number of hydrogen-bond acceptors (Lipinski definition) is 4. The van der Waals surface area contributed by atoms with Gasteiger partial charge in [-0.05, 0) is 62.5 Å². The van der Waals surface area contributed by atoms with Crippen molar-refractivity contribution in [2.45, 2.75) is 38.6 Å². The van der Waals surface area contributed by atoms with Crippen molar-refractivity contribution >= 4 is 11.7 Å². The standard InChI is InChI=1S/C24H30N2O3/c1-19(27)9-10-20-11-13-22(14-12-20)29-18-24(28)25-17-23(26-15-5-6-16-26)21-7-3-2-4-8-21/h2-4,7-8,11-14,23H,5-6,9-10,15-18H2,1H3,(H,25,28). The van der Waals surface area contributed by atoms with Gasteiger partial charge in [-0.3, -0.25) is 9.69 Å². The molecule has 5 heteroatoms. The van der Waals surface area contributed by atoms with Crippen LogP contribution in [0.2, 0.25) is 0 Å². The molecule has 1 atom stereocenters. The highest BCUT2D eigenvalue weighted by Crippen LogP contribution is 2.24.